The zero-order valence-corrected chi connectivity index (χ0v) is 19.4. The summed E-state index contributed by atoms with van der Waals surface area (Å²) >= 11 is 2.47. The SMILES string of the molecule is C=CC(C)N1C(=O)SC(=Cc2cc(C)n(-c3sc4c(c3C(=O)O)CCCC4)c2C)C1=O. The lowest BCUT2D eigenvalue weighted by molar-refractivity contribution is -0.123. The predicted octanol–water partition coefficient (Wildman–Crippen LogP) is 5.34. The average molecular weight is 457 g/mol. The fraction of sp³-hybridized carbons (Fsp3) is 0.348. The lowest BCUT2D eigenvalue weighted by Crippen LogP contribution is -2.35. The second kappa shape index (κ2) is 8.16. The first-order chi connectivity index (χ1) is 14.7. The highest BCUT2D eigenvalue weighted by atomic mass is 32.2. The topological polar surface area (TPSA) is 79.6 Å². The summed E-state index contributed by atoms with van der Waals surface area (Å²) in [7, 11) is 0. The van der Waals surface area contributed by atoms with Crippen LogP contribution in [0, 0.1) is 13.8 Å². The maximum absolute atomic E-state index is 12.8. The number of fused-ring (bicyclic) bond motifs is 1. The normalized spacial score (nSPS) is 18.5. The van der Waals surface area contributed by atoms with Crippen LogP contribution in [0.3, 0.4) is 0 Å². The Bertz CT molecular complexity index is 1150. The quantitative estimate of drug-likeness (QED) is 0.485. The molecular weight excluding hydrogens is 432 g/mol. The van der Waals surface area contributed by atoms with E-state index in [0.29, 0.717) is 10.5 Å². The Hall–Kier alpha value is -2.58. The Labute approximate surface area is 189 Å². The minimum Gasteiger partial charge on any atom is -0.478 e. The van der Waals surface area contributed by atoms with Gasteiger partial charge in [0, 0.05) is 16.3 Å². The van der Waals surface area contributed by atoms with Gasteiger partial charge in [0.2, 0.25) is 0 Å². The molecule has 2 amide bonds. The molecule has 2 aromatic heterocycles. The molecule has 1 unspecified atom stereocenters. The van der Waals surface area contributed by atoms with E-state index in [1.807, 2.05) is 24.5 Å². The summed E-state index contributed by atoms with van der Waals surface area (Å²) in [5.74, 6) is -1.23. The zero-order valence-electron chi connectivity index (χ0n) is 17.7. The number of amides is 2. The van der Waals surface area contributed by atoms with Crippen LogP contribution in [0.2, 0.25) is 0 Å². The van der Waals surface area contributed by atoms with Crippen LogP contribution in [0.25, 0.3) is 11.1 Å². The lowest BCUT2D eigenvalue weighted by Gasteiger charge is -2.17. The van der Waals surface area contributed by atoms with E-state index < -0.39 is 5.97 Å². The molecule has 0 spiro atoms. The second-order valence-corrected chi connectivity index (χ2v) is 9.96. The summed E-state index contributed by atoms with van der Waals surface area (Å²) in [5.41, 5.74) is 3.91. The van der Waals surface area contributed by atoms with Crippen LogP contribution in [0.1, 0.15) is 57.5 Å². The summed E-state index contributed by atoms with van der Waals surface area (Å²) in [4.78, 5) is 39.9. The Balaban J connectivity index is 1.78. The molecule has 1 N–H and O–H groups in total. The first-order valence-corrected chi connectivity index (χ1v) is 11.8. The minimum absolute atomic E-state index is 0.309. The van der Waals surface area contributed by atoms with Gasteiger partial charge in [-0.2, -0.15) is 0 Å². The van der Waals surface area contributed by atoms with Crippen LogP contribution in [-0.4, -0.2) is 37.7 Å². The van der Waals surface area contributed by atoms with Crippen molar-refractivity contribution < 1.29 is 19.5 Å². The van der Waals surface area contributed by atoms with Crippen molar-refractivity contribution in [3.63, 3.8) is 0 Å². The van der Waals surface area contributed by atoms with Crippen molar-refractivity contribution in [1.82, 2.24) is 9.47 Å². The third kappa shape index (κ3) is 3.57. The smallest absolute Gasteiger partial charge is 0.339 e. The Morgan fingerprint density at radius 2 is 1.97 bits per heavy atom. The minimum atomic E-state index is -0.900. The maximum Gasteiger partial charge on any atom is 0.339 e. The number of rotatable bonds is 5. The van der Waals surface area contributed by atoms with Crippen molar-refractivity contribution >= 4 is 46.3 Å². The van der Waals surface area contributed by atoms with Crippen molar-refractivity contribution in [2.75, 3.05) is 0 Å². The molecular formula is C23H24N2O4S2. The molecule has 1 aliphatic carbocycles. The van der Waals surface area contributed by atoms with E-state index in [9.17, 15) is 19.5 Å². The van der Waals surface area contributed by atoms with E-state index >= 15 is 0 Å². The van der Waals surface area contributed by atoms with Crippen LogP contribution in [0.15, 0.2) is 23.6 Å². The number of nitrogens with zero attached hydrogens (tertiary/aromatic N) is 2. The summed E-state index contributed by atoms with van der Waals surface area (Å²) in [6.07, 6.45) is 7.11. The molecule has 1 atom stereocenters. The first-order valence-electron chi connectivity index (χ1n) is 10.2. The molecule has 0 radical (unpaired) electrons. The number of thioether (sulfide) groups is 1. The average Bonchev–Trinajstić information content (AvgIpc) is 3.32. The second-order valence-electron chi connectivity index (χ2n) is 7.89. The van der Waals surface area contributed by atoms with E-state index in [2.05, 4.69) is 6.58 Å². The van der Waals surface area contributed by atoms with Gasteiger partial charge in [-0.05, 0) is 81.5 Å². The van der Waals surface area contributed by atoms with Crippen LogP contribution in [-0.2, 0) is 17.6 Å². The molecule has 3 heterocycles. The highest BCUT2D eigenvalue weighted by Crippen LogP contribution is 2.40. The van der Waals surface area contributed by atoms with E-state index in [0.717, 1.165) is 69.8 Å². The number of carboxylic acids is 1. The molecule has 162 valence electrons. The number of imide groups is 1. The van der Waals surface area contributed by atoms with Gasteiger partial charge in [0.25, 0.3) is 11.1 Å². The molecule has 2 aromatic rings. The summed E-state index contributed by atoms with van der Waals surface area (Å²) in [6.45, 7) is 9.27. The summed E-state index contributed by atoms with van der Waals surface area (Å²) in [5, 5.41) is 10.4. The lowest BCUT2D eigenvalue weighted by atomic mass is 9.95. The fourth-order valence-corrected chi connectivity index (χ4v) is 6.65. The number of hydrogen-bond acceptors (Lipinski definition) is 5. The van der Waals surface area contributed by atoms with Gasteiger partial charge in [0.1, 0.15) is 5.00 Å². The van der Waals surface area contributed by atoms with Crippen LogP contribution in [0.5, 0.6) is 0 Å². The third-order valence-corrected chi connectivity index (χ3v) is 8.06. The number of aromatic nitrogens is 1. The molecule has 0 bridgehead atoms. The van der Waals surface area contributed by atoms with Gasteiger partial charge in [-0.1, -0.05) is 6.08 Å². The summed E-state index contributed by atoms with van der Waals surface area (Å²) < 4.78 is 1.97. The molecule has 6 nitrogen and oxygen atoms in total. The number of thiophene rings is 1. The third-order valence-electron chi connectivity index (χ3n) is 5.90. The monoisotopic (exact) mass is 456 g/mol. The number of aromatic carboxylic acids is 1. The van der Waals surface area contributed by atoms with Gasteiger partial charge < -0.3 is 9.67 Å². The van der Waals surface area contributed by atoms with E-state index in [4.69, 9.17) is 0 Å². The highest BCUT2D eigenvalue weighted by molar-refractivity contribution is 8.18. The number of aryl methyl sites for hydroxylation is 2. The van der Waals surface area contributed by atoms with Crippen molar-refractivity contribution in [2.24, 2.45) is 0 Å². The predicted molar refractivity (Wildman–Crippen MR) is 124 cm³/mol. The van der Waals surface area contributed by atoms with Crippen molar-refractivity contribution in [2.45, 2.75) is 52.5 Å². The van der Waals surface area contributed by atoms with Gasteiger partial charge in [-0.15, -0.1) is 17.9 Å². The molecule has 0 aromatic carbocycles. The first kappa shape index (κ1) is 21.6. The Morgan fingerprint density at radius 3 is 2.65 bits per heavy atom. The molecule has 31 heavy (non-hydrogen) atoms. The van der Waals surface area contributed by atoms with Crippen molar-refractivity contribution in [1.29, 1.82) is 0 Å². The van der Waals surface area contributed by atoms with Gasteiger partial charge in [-0.25, -0.2) is 4.79 Å². The van der Waals surface area contributed by atoms with E-state index in [1.54, 1.807) is 30.4 Å². The molecule has 0 saturated carbocycles. The van der Waals surface area contributed by atoms with E-state index in [-0.39, 0.29) is 17.2 Å². The number of carbonyl (C=O) groups is 3. The number of carboxylic acid groups (broad SMARTS) is 1. The molecule has 4 rings (SSSR count). The van der Waals surface area contributed by atoms with Crippen molar-refractivity contribution in [3.05, 3.63) is 56.6 Å². The fourth-order valence-electron chi connectivity index (χ4n) is 4.25. The van der Waals surface area contributed by atoms with Gasteiger partial charge >= 0.3 is 5.97 Å². The Morgan fingerprint density at radius 1 is 1.26 bits per heavy atom. The van der Waals surface area contributed by atoms with Gasteiger partial charge in [0.15, 0.2) is 0 Å². The zero-order chi connectivity index (χ0) is 22.4. The van der Waals surface area contributed by atoms with Crippen LogP contribution in [0.4, 0.5) is 4.79 Å². The highest BCUT2D eigenvalue weighted by Gasteiger charge is 2.37. The Kier molecular flexibility index (Phi) is 5.70. The van der Waals surface area contributed by atoms with E-state index in [1.165, 1.54) is 4.90 Å². The standard InChI is InChI=1S/C23H24N2O4S2/c1-5-12(2)25-20(26)18(31-23(25)29)11-15-10-13(3)24(14(15)4)21-19(22(27)28)16-8-6-7-9-17(16)30-21/h5,10-12H,1,6-9H2,2-4H3,(H,27,28). The molecule has 2 aliphatic rings. The number of carbonyl (C=O) groups excluding carboxylic acids is 2. The largest absolute Gasteiger partial charge is 0.478 e. The van der Waals surface area contributed by atoms with Crippen LogP contribution >= 0.6 is 23.1 Å². The molecule has 1 aliphatic heterocycles. The molecule has 1 saturated heterocycles. The van der Waals surface area contributed by atoms with Crippen LogP contribution < -0.4 is 0 Å². The number of hydrogen-bond donors (Lipinski definition) is 1. The molecule has 8 heteroatoms. The van der Waals surface area contributed by atoms with Gasteiger partial charge in [-0.3, -0.25) is 14.5 Å². The molecule has 1 fully saturated rings. The summed E-state index contributed by atoms with van der Waals surface area (Å²) in [6, 6.07) is 1.56. The van der Waals surface area contributed by atoms with Gasteiger partial charge in [0.05, 0.1) is 16.5 Å². The van der Waals surface area contributed by atoms with Crippen molar-refractivity contribution in [3.8, 4) is 5.00 Å². The maximum atomic E-state index is 12.8.